The summed E-state index contributed by atoms with van der Waals surface area (Å²) in [5, 5.41) is 3.11. The van der Waals surface area contributed by atoms with Crippen molar-refractivity contribution >= 4 is 5.91 Å². The van der Waals surface area contributed by atoms with E-state index >= 15 is 0 Å². The molecule has 0 radical (unpaired) electrons. The smallest absolute Gasteiger partial charge is 0.234 e. The Bertz CT molecular complexity index is 259. The standard InChI is InChI=1S/C13H25N3O2/c14-9-11-1-5-16(6-2-11)10-13(17)15-12-3-7-18-8-4-12/h11-12H,1-10,14H2,(H,15,17). The minimum absolute atomic E-state index is 0.160. The van der Waals surface area contributed by atoms with Crippen molar-refractivity contribution in [3.05, 3.63) is 0 Å². The first-order chi connectivity index (χ1) is 8.78. The van der Waals surface area contributed by atoms with Crippen molar-refractivity contribution < 1.29 is 9.53 Å². The van der Waals surface area contributed by atoms with Gasteiger partial charge in [-0.05, 0) is 51.2 Å². The fourth-order valence-electron chi connectivity index (χ4n) is 2.70. The van der Waals surface area contributed by atoms with Crippen LogP contribution in [0.4, 0.5) is 0 Å². The monoisotopic (exact) mass is 255 g/mol. The molecule has 0 aliphatic carbocycles. The molecular weight excluding hydrogens is 230 g/mol. The highest BCUT2D eigenvalue weighted by atomic mass is 16.5. The van der Waals surface area contributed by atoms with Crippen molar-refractivity contribution in [2.45, 2.75) is 31.7 Å². The first kappa shape index (κ1) is 13.8. The summed E-state index contributed by atoms with van der Waals surface area (Å²) < 4.78 is 5.28. The van der Waals surface area contributed by atoms with Crippen LogP contribution in [-0.2, 0) is 9.53 Å². The van der Waals surface area contributed by atoms with Gasteiger partial charge in [0.05, 0.1) is 6.54 Å². The van der Waals surface area contributed by atoms with Crippen LogP contribution in [0.3, 0.4) is 0 Å². The number of hydrogen-bond acceptors (Lipinski definition) is 4. The maximum Gasteiger partial charge on any atom is 0.234 e. The number of ether oxygens (including phenoxy) is 1. The number of piperidine rings is 1. The molecule has 0 atom stereocenters. The van der Waals surface area contributed by atoms with E-state index in [2.05, 4.69) is 10.2 Å². The minimum atomic E-state index is 0.160. The van der Waals surface area contributed by atoms with Crippen molar-refractivity contribution in [2.75, 3.05) is 39.4 Å². The largest absolute Gasteiger partial charge is 0.381 e. The van der Waals surface area contributed by atoms with Gasteiger partial charge in [0, 0.05) is 19.3 Å². The summed E-state index contributed by atoms with van der Waals surface area (Å²) in [5.41, 5.74) is 5.66. The van der Waals surface area contributed by atoms with Gasteiger partial charge in [0.2, 0.25) is 5.91 Å². The van der Waals surface area contributed by atoms with Crippen molar-refractivity contribution in [1.82, 2.24) is 10.2 Å². The summed E-state index contributed by atoms with van der Waals surface area (Å²) in [6.45, 7) is 4.86. The molecule has 104 valence electrons. The van der Waals surface area contributed by atoms with Crippen LogP contribution in [-0.4, -0.2) is 56.2 Å². The van der Waals surface area contributed by atoms with Gasteiger partial charge in [0.25, 0.3) is 0 Å². The molecule has 0 spiro atoms. The van der Waals surface area contributed by atoms with Gasteiger partial charge >= 0.3 is 0 Å². The van der Waals surface area contributed by atoms with Crippen LogP contribution in [0.2, 0.25) is 0 Å². The molecule has 0 saturated carbocycles. The first-order valence-electron chi connectivity index (χ1n) is 7.07. The molecule has 0 aromatic rings. The molecule has 2 fully saturated rings. The van der Waals surface area contributed by atoms with Crippen LogP contribution in [0.25, 0.3) is 0 Å². The Morgan fingerprint density at radius 1 is 1.22 bits per heavy atom. The Morgan fingerprint density at radius 3 is 2.50 bits per heavy atom. The minimum Gasteiger partial charge on any atom is -0.381 e. The lowest BCUT2D eigenvalue weighted by Gasteiger charge is -2.31. The van der Waals surface area contributed by atoms with E-state index in [-0.39, 0.29) is 5.91 Å². The van der Waals surface area contributed by atoms with Gasteiger partial charge < -0.3 is 15.8 Å². The third kappa shape index (κ3) is 4.23. The van der Waals surface area contributed by atoms with E-state index in [4.69, 9.17) is 10.5 Å². The second-order valence-corrected chi connectivity index (χ2v) is 5.41. The maximum atomic E-state index is 11.9. The summed E-state index contributed by atoms with van der Waals surface area (Å²) in [6, 6.07) is 0.313. The van der Waals surface area contributed by atoms with Crippen LogP contribution in [0.15, 0.2) is 0 Å². The predicted molar refractivity (Wildman–Crippen MR) is 70.2 cm³/mol. The molecule has 0 aromatic heterocycles. The lowest BCUT2D eigenvalue weighted by atomic mass is 9.97. The van der Waals surface area contributed by atoms with Crippen LogP contribution in [0.5, 0.6) is 0 Å². The SMILES string of the molecule is NCC1CCN(CC(=O)NC2CCOCC2)CC1. The summed E-state index contributed by atoms with van der Waals surface area (Å²) in [4.78, 5) is 14.1. The quantitative estimate of drug-likeness (QED) is 0.739. The average Bonchev–Trinajstić information content (AvgIpc) is 2.40. The Balaban J connectivity index is 1.65. The number of nitrogens with zero attached hydrogens (tertiary/aromatic N) is 1. The topological polar surface area (TPSA) is 67.6 Å². The van der Waals surface area contributed by atoms with E-state index in [1.54, 1.807) is 0 Å². The number of amides is 1. The van der Waals surface area contributed by atoms with Crippen LogP contribution in [0, 0.1) is 5.92 Å². The summed E-state index contributed by atoms with van der Waals surface area (Å²) in [6.07, 6.45) is 4.14. The molecule has 2 saturated heterocycles. The van der Waals surface area contributed by atoms with E-state index in [0.29, 0.717) is 18.5 Å². The van der Waals surface area contributed by atoms with E-state index in [9.17, 15) is 4.79 Å². The second kappa shape index (κ2) is 7.07. The number of likely N-dealkylation sites (tertiary alicyclic amines) is 1. The van der Waals surface area contributed by atoms with E-state index in [1.165, 1.54) is 0 Å². The Hall–Kier alpha value is -0.650. The van der Waals surface area contributed by atoms with Gasteiger partial charge in [0.15, 0.2) is 0 Å². The third-order valence-corrected chi connectivity index (χ3v) is 3.99. The molecule has 2 aliphatic rings. The normalized spacial score (nSPS) is 24.1. The van der Waals surface area contributed by atoms with Crippen LogP contribution < -0.4 is 11.1 Å². The zero-order chi connectivity index (χ0) is 12.8. The number of carbonyl (C=O) groups is 1. The number of hydrogen-bond donors (Lipinski definition) is 2. The number of nitrogens with two attached hydrogens (primary N) is 1. The van der Waals surface area contributed by atoms with Crippen molar-refractivity contribution in [1.29, 1.82) is 0 Å². The average molecular weight is 255 g/mol. The zero-order valence-corrected chi connectivity index (χ0v) is 11.1. The summed E-state index contributed by atoms with van der Waals surface area (Å²) in [5.74, 6) is 0.813. The molecule has 1 amide bonds. The zero-order valence-electron chi connectivity index (χ0n) is 11.1. The van der Waals surface area contributed by atoms with Crippen LogP contribution >= 0.6 is 0 Å². The Morgan fingerprint density at radius 2 is 1.89 bits per heavy atom. The van der Waals surface area contributed by atoms with E-state index < -0.39 is 0 Å². The molecule has 0 aromatic carbocycles. The Labute approximate surface area is 109 Å². The van der Waals surface area contributed by atoms with Gasteiger partial charge in [-0.15, -0.1) is 0 Å². The van der Waals surface area contributed by atoms with E-state index in [1.807, 2.05) is 0 Å². The molecule has 2 rings (SSSR count). The number of carbonyl (C=O) groups excluding carboxylic acids is 1. The molecule has 2 heterocycles. The highest BCUT2D eigenvalue weighted by Crippen LogP contribution is 2.15. The fourth-order valence-corrected chi connectivity index (χ4v) is 2.70. The van der Waals surface area contributed by atoms with Gasteiger partial charge in [-0.25, -0.2) is 0 Å². The van der Waals surface area contributed by atoms with Gasteiger partial charge in [-0.1, -0.05) is 0 Å². The third-order valence-electron chi connectivity index (χ3n) is 3.99. The molecule has 2 aliphatic heterocycles. The molecule has 5 nitrogen and oxygen atoms in total. The summed E-state index contributed by atoms with van der Waals surface area (Å²) >= 11 is 0. The molecule has 0 unspecified atom stereocenters. The van der Waals surface area contributed by atoms with Crippen molar-refractivity contribution in [3.63, 3.8) is 0 Å². The molecule has 3 N–H and O–H groups in total. The fraction of sp³-hybridized carbons (Fsp3) is 0.923. The molecule has 18 heavy (non-hydrogen) atoms. The summed E-state index contributed by atoms with van der Waals surface area (Å²) in [7, 11) is 0. The van der Waals surface area contributed by atoms with E-state index in [0.717, 1.165) is 58.5 Å². The lowest BCUT2D eigenvalue weighted by molar-refractivity contribution is -0.123. The first-order valence-corrected chi connectivity index (χ1v) is 7.07. The van der Waals surface area contributed by atoms with Gasteiger partial charge in [0.1, 0.15) is 0 Å². The Kier molecular flexibility index (Phi) is 5.41. The molecule has 5 heteroatoms. The van der Waals surface area contributed by atoms with Gasteiger partial charge in [-0.2, -0.15) is 0 Å². The second-order valence-electron chi connectivity index (χ2n) is 5.41. The van der Waals surface area contributed by atoms with Crippen molar-refractivity contribution in [2.24, 2.45) is 11.7 Å². The van der Waals surface area contributed by atoms with Crippen LogP contribution in [0.1, 0.15) is 25.7 Å². The number of nitrogens with one attached hydrogen (secondary N) is 1. The lowest BCUT2D eigenvalue weighted by Crippen LogP contribution is -2.46. The highest BCUT2D eigenvalue weighted by molar-refractivity contribution is 5.78. The van der Waals surface area contributed by atoms with Crippen molar-refractivity contribution in [3.8, 4) is 0 Å². The number of rotatable bonds is 4. The molecular formula is C13H25N3O2. The molecule has 0 bridgehead atoms. The predicted octanol–water partition coefficient (Wildman–Crippen LogP) is -0.0477. The van der Waals surface area contributed by atoms with Gasteiger partial charge in [-0.3, -0.25) is 9.69 Å². The maximum absolute atomic E-state index is 11.9. The highest BCUT2D eigenvalue weighted by Gasteiger charge is 2.21.